The number of nitrogens with one attached hydrogen (secondary N) is 3. The Kier molecular flexibility index (Phi) is 7.36. The fraction of sp³-hybridized carbons (Fsp3) is 0.360. The van der Waals surface area contributed by atoms with Gasteiger partial charge in [-0.2, -0.15) is 0 Å². The summed E-state index contributed by atoms with van der Waals surface area (Å²) in [6.07, 6.45) is 0. The van der Waals surface area contributed by atoms with Crippen LogP contribution in [0.25, 0.3) is 0 Å². The van der Waals surface area contributed by atoms with E-state index in [9.17, 15) is 4.79 Å². The summed E-state index contributed by atoms with van der Waals surface area (Å²) in [7, 11) is 0. The second-order valence-electron chi connectivity index (χ2n) is 8.82. The summed E-state index contributed by atoms with van der Waals surface area (Å²) >= 11 is 4.93. The molecule has 0 radical (unpaired) electrons. The van der Waals surface area contributed by atoms with Crippen LogP contribution < -0.4 is 20.9 Å². The summed E-state index contributed by atoms with van der Waals surface area (Å²) in [5.74, 6) is 0. The van der Waals surface area contributed by atoms with E-state index in [0.29, 0.717) is 5.13 Å². The molecule has 174 valence electrons. The Morgan fingerprint density at radius 1 is 1.12 bits per heavy atom. The van der Waals surface area contributed by atoms with Gasteiger partial charge in [-0.25, -0.2) is 9.78 Å². The van der Waals surface area contributed by atoms with Gasteiger partial charge in [0.2, 0.25) is 0 Å². The molecule has 1 aliphatic rings. The highest BCUT2D eigenvalue weighted by Gasteiger charge is 2.26. The molecule has 2 heterocycles. The predicted molar refractivity (Wildman–Crippen MR) is 140 cm³/mol. The van der Waals surface area contributed by atoms with Crippen LogP contribution in [0.5, 0.6) is 0 Å². The van der Waals surface area contributed by atoms with Crippen LogP contribution in [0.4, 0.5) is 15.6 Å². The fourth-order valence-corrected chi connectivity index (χ4v) is 5.08. The SMILES string of the molecule is CC(NC(=O)Nc1nc(C(C)(C)c2ccc(Br)cc2)cs1)c1ccc(N2CCNCC2)cc1. The lowest BCUT2D eigenvalue weighted by Gasteiger charge is -2.29. The summed E-state index contributed by atoms with van der Waals surface area (Å²) in [4.78, 5) is 19.7. The van der Waals surface area contributed by atoms with E-state index in [0.717, 1.165) is 41.9 Å². The third kappa shape index (κ3) is 5.75. The first-order valence-corrected chi connectivity index (χ1v) is 12.9. The minimum atomic E-state index is -0.257. The average Bonchev–Trinajstić information content (AvgIpc) is 3.29. The molecule has 0 bridgehead atoms. The summed E-state index contributed by atoms with van der Waals surface area (Å²) in [5, 5.41) is 11.9. The van der Waals surface area contributed by atoms with Gasteiger partial charge < -0.3 is 15.5 Å². The van der Waals surface area contributed by atoms with Crippen molar-refractivity contribution in [2.75, 3.05) is 36.4 Å². The molecule has 1 unspecified atom stereocenters. The number of nitrogens with zero attached hydrogens (tertiary/aromatic N) is 2. The number of amides is 2. The highest BCUT2D eigenvalue weighted by molar-refractivity contribution is 9.10. The molecule has 0 aliphatic carbocycles. The number of piperazine rings is 1. The third-order valence-electron chi connectivity index (χ3n) is 6.15. The Labute approximate surface area is 207 Å². The number of halogens is 1. The summed E-state index contributed by atoms with van der Waals surface area (Å²) < 4.78 is 1.05. The summed E-state index contributed by atoms with van der Waals surface area (Å²) in [6.45, 7) is 10.3. The Bertz CT molecular complexity index is 1070. The lowest BCUT2D eigenvalue weighted by atomic mass is 9.82. The van der Waals surface area contributed by atoms with Crippen LogP contribution in [0.15, 0.2) is 58.4 Å². The molecule has 1 aromatic heterocycles. The van der Waals surface area contributed by atoms with Crippen LogP contribution in [0.1, 0.15) is 43.6 Å². The molecule has 4 rings (SSSR count). The molecule has 33 heavy (non-hydrogen) atoms. The minimum absolute atomic E-state index is 0.110. The van der Waals surface area contributed by atoms with Crippen molar-refractivity contribution in [1.29, 1.82) is 0 Å². The quantitative estimate of drug-likeness (QED) is 0.394. The largest absolute Gasteiger partial charge is 0.369 e. The molecule has 8 heteroatoms. The predicted octanol–water partition coefficient (Wildman–Crippen LogP) is 5.52. The molecule has 1 fully saturated rings. The zero-order valence-corrected chi connectivity index (χ0v) is 21.6. The zero-order valence-electron chi connectivity index (χ0n) is 19.2. The maximum Gasteiger partial charge on any atom is 0.321 e. The van der Waals surface area contributed by atoms with Crippen molar-refractivity contribution in [1.82, 2.24) is 15.6 Å². The van der Waals surface area contributed by atoms with Crippen LogP contribution in [-0.4, -0.2) is 37.2 Å². The van der Waals surface area contributed by atoms with Crippen molar-refractivity contribution in [2.24, 2.45) is 0 Å². The zero-order chi connectivity index (χ0) is 23.4. The molecule has 2 amide bonds. The van der Waals surface area contributed by atoms with Crippen LogP contribution in [0.3, 0.4) is 0 Å². The van der Waals surface area contributed by atoms with Crippen LogP contribution >= 0.6 is 27.3 Å². The highest BCUT2D eigenvalue weighted by Crippen LogP contribution is 2.34. The smallest absolute Gasteiger partial charge is 0.321 e. The summed E-state index contributed by atoms with van der Waals surface area (Å²) in [5.41, 5.74) is 4.14. The van der Waals surface area contributed by atoms with Gasteiger partial charge in [0.25, 0.3) is 0 Å². The van der Waals surface area contributed by atoms with E-state index in [1.807, 2.05) is 24.4 Å². The maximum atomic E-state index is 12.6. The van der Waals surface area contributed by atoms with Gasteiger partial charge in [0.15, 0.2) is 5.13 Å². The van der Waals surface area contributed by atoms with Crippen LogP contribution in [-0.2, 0) is 5.41 Å². The Hall–Kier alpha value is -2.42. The van der Waals surface area contributed by atoms with E-state index in [1.165, 1.54) is 22.6 Å². The molecule has 6 nitrogen and oxygen atoms in total. The van der Waals surface area contributed by atoms with Crippen LogP contribution in [0.2, 0.25) is 0 Å². The number of hydrogen-bond acceptors (Lipinski definition) is 5. The number of anilines is 2. The molecule has 1 aliphatic heterocycles. The number of benzene rings is 2. The fourth-order valence-electron chi connectivity index (χ4n) is 3.94. The topological polar surface area (TPSA) is 69.3 Å². The molecule has 3 N–H and O–H groups in total. The number of aromatic nitrogens is 1. The minimum Gasteiger partial charge on any atom is -0.369 e. The molecule has 2 aromatic carbocycles. The lowest BCUT2D eigenvalue weighted by molar-refractivity contribution is 0.249. The van der Waals surface area contributed by atoms with Gasteiger partial charge in [0, 0.05) is 47.1 Å². The Balaban J connectivity index is 1.35. The van der Waals surface area contributed by atoms with E-state index < -0.39 is 0 Å². The molecule has 1 atom stereocenters. The van der Waals surface area contributed by atoms with Crippen molar-refractivity contribution in [2.45, 2.75) is 32.2 Å². The number of carbonyl (C=O) groups excluding carboxylic acids is 1. The van der Waals surface area contributed by atoms with Gasteiger partial charge >= 0.3 is 6.03 Å². The second kappa shape index (κ2) is 10.2. The highest BCUT2D eigenvalue weighted by atomic mass is 79.9. The molecule has 3 aromatic rings. The van der Waals surface area contributed by atoms with Gasteiger partial charge in [-0.05, 0) is 42.3 Å². The first kappa shape index (κ1) is 23.7. The molecule has 0 saturated carbocycles. The van der Waals surface area contributed by atoms with Gasteiger partial charge in [-0.3, -0.25) is 5.32 Å². The number of rotatable bonds is 6. The van der Waals surface area contributed by atoms with Gasteiger partial charge in [-0.15, -0.1) is 11.3 Å². The van der Waals surface area contributed by atoms with Crippen molar-refractivity contribution < 1.29 is 4.79 Å². The van der Waals surface area contributed by atoms with Crippen molar-refractivity contribution in [3.63, 3.8) is 0 Å². The molecular formula is C25H30BrN5OS. The standard InChI is InChI=1S/C25H30BrN5OS/c1-17(18-4-10-21(11-5-18)31-14-12-27-13-15-31)28-23(32)30-24-29-22(16-33-24)25(2,3)19-6-8-20(26)9-7-19/h4-11,16-17,27H,12-15H2,1-3H3,(H2,28,29,30,32). The lowest BCUT2D eigenvalue weighted by Crippen LogP contribution is -2.43. The van der Waals surface area contributed by atoms with E-state index in [-0.39, 0.29) is 17.5 Å². The number of carbonyl (C=O) groups is 1. The van der Waals surface area contributed by atoms with Crippen molar-refractivity contribution in [3.8, 4) is 0 Å². The van der Waals surface area contributed by atoms with Crippen molar-refractivity contribution >= 4 is 44.1 Å². The Morgan fingerprint density at radius 3 is 2.45 bits per heavy atom. The van der Waals surface area contributed by atoms with Gasteiger partial charge in [0.05, 0.1) is 11.7 Å². The Morgan fingerprint density at radius 2 is 1.79 bits per heavy atom. The van der Waals surface area contributed by atoms with E-state index in [2.05, 4.69) is 92.0 Å². The van der Waals surface area contributed by atoms with E-state index in [1.54, 1.807) is 0 Å². The first-order chi connectivity index (χ1) is 15.8. The average molecular weight is 529 g/mol. The second-order valence-corrected chi connectivity index (χ2v) is 10.6. The number of thiazole rings is 1. The summed E-state index contributed by atoms with van der Waals surface area (Å²) in [6, 6.07) is 16.3. The maximum absolute atomic E-state index is 12.6. The normalized spacial score (nSPS) is 15.2. The molecule has 0 spiro atoms. The van der Waals surface area contributed by atoms with Gasteiger partial charge in [-0.1, -0.05) is 54.0 Å². The first-order valence-electron chi connectivity index (χ1n) is 11.2. The molecule has 1 saturated heterocycles. The number of hydrogen-bond donors (Lipinski definition) is 3. The van der Waals surface area contributed by atoms with E-state index in [4.69, 9.17) is 0 Å². The van der Waals surface area contributed by atoms with Crippen molar-refractivity contribution in [3.05, 3.63) is 75.2 Å². The van der Waals surface area contributed by atoms with Gasteiger partial charge in [0.1, 0.15) is 0 Å². The van der Waals surface area contributed by atoms with E-state index >= 15 is 0 Å². The molecular weight excluding hydrogens is 498 g/mol. The van der Waals surface area contributed by atoms with Crippen LogP contribution in [0, 0.1) is 0 Å². The third-order valence-corrected chi connectivity index (χ3v) is 7.44. The number of urea groups is 1. The monoisotopic (exact) mass is 527 g/mol.